The highest BCUT2D eigenvalue weighted by molar-refractivity contribution is 7.13. The number of fused-ring (bicyclic) bond motifs is 3. The Hall–Kier alpha value is -2.78. The third-order valence-electron chi connectivity index (χ3n) is 5.23. The quantitative estimate of drug-likeness (QED) is 0.538. The van der Waals surface area contributed by atoms with E-state index < -0.39 is 0 Å². The number of amides is 1. The number of piperidine rings is 1. The van der Waals surface area contributed by atoms with Crippen LogP contribution in [0.4, 0.5) is 10.9 Å². The van der Waals surface area contributed by atoms with E-state index in [9.17, 15) is 4.79 Å². The third kappa shape index (κ3) is 3.20. The number of carbonyl (C=O) groups is 1. The first-order chi connectivity index (χ1) is 14.1. The van der Waals surface area contributed by atoms with Gasteiger partial charge in [-0.25, -0.2) is 9.50 Å². The molecule has 10 heteroatoms. The second kappa shape index (κ2) is 7.23. The number of nitrogens with one attached hydrogen (secondary N) is 1. The molecule has 1 atom stereocenters. The van der Waals surface area contributed by atoms with Gasteiger partial charge < -0.3 is 10.2 Å². The number of aryl methyl sites for hydroxylation is 1. The summed E-state index contributed by atoms with van der Waals surface area (Å²) in [5, 5.41) is 17.1. The van der Waals surface area contributed by atoms with Gasteiger partial charge in [-0.2, -0.15) is 5.10 Å². The monoisotopic (exact) mass is 427 g/mol. The maximum atomic E-state index is 12.7. The molecule has 1 aromatic carbocycles. The highest BCUT2D eigenvalue weighted by atomic mass is 35.5. The Morgan fingerprint density at radius 3 is 3.03 bits per heavy atom. The molecule has 4 heterocycles. The smallest absolute Gasteiger partial charge is 0.231 e. The van der Waals surface area contributed by atoms with Crippen LogP contribution in [0.1, 0.15) is 18.5 Å². The normalized spacial score (nSPS) is 17.2. The largest absolute Gasteiger partial charge is 0.355 e. The van der Waals surface area contributed by atoms with Gasteiger partial charge in [-0.05, 0) is 31.9 Å². The second-order valence-corrected chi connectivity index (χ2v) is 8.32. The third-order valence-corrected chi connectivity index (χ3v) is 6.28. The molecule has 0 bridgehead atoms. The zero-order valence-corrected chi connectivity index (χ0v) is 17.2. The Morgan fingerprint density at radius 2 is 2.21 bits per heavy atom. The number of para-hydroxylation sites is 1. The standard InChI is InChI=1S/C19H18ClN7OS/c1-11-15(20)17-22-16(13-6-2-3-7-14(13)27(17)25-11)26-8-4-5-12(9-26)18(28)23-19-24-21-10-29-19/h2-3,6-7,10,12H,4-5,8-9H2,1H3,(H,23,24,28). The van der Waals surface area contributed by atoms with Crippen LogP contribution in [-0.2, 0) is 4.79 Å². The average molecular weight is 428 g/mol. The SMILES string of the molecule is Cc1nn2c(nc(N3CCCC(C(=O)Nc4nncs4)C3)c3ccccc32)c1Cl. The lowest BCUT2D eigenvalue weighted by Crippen LogP contribution is -2.41. The molecule has 1 N–H and O–H groups in total. The van der Waals surface area contributed by atoms with Crippen LogP contribution in [0, 0.1) is 12.8 Å². The fourth-order valence-corrected chi connectivity index (χ4v) is 4.44. The number of benzene rings is 1. The molecule has 0 radical (unpaired) electrons. The van der Waals surface area contributed by atoms with E-state index in [4.69, 9.17) is 16.6 Å². The van der Waals surface area contributed by atoms with Gasteiger partial charge in [0.2, 0.25) is 11.0 Å². The lowest BCUT2D eigenvalue weighted by atomic mass is 9.97. The Balaban J connectivity index is 1.52. The van der Waals surface area contributed by atoms with Crippen molar-refractivity contribution in [2.75, 3.05) is 23.3 Å². The number of carbonyl (C=O) groups excluding carboxylic acids is 1. The highest BCUT2D eigenvalue weighted by Gasteiger charge is 2.29. The van der Waals surface area contributed by atoms with Crippen LogP contribution in [0.3, 0.4) is 0 Å². The zero-order valence-electron chi connectivity index (χ0n) is 15.7. The summed E-state index contributed by atoms with van der Waals surface area (Å²) in [5.74, 6) is 0.657. The van der Waals surface area contributed by atoms with E-state index in [1.165, 1.54) is 11.3 Å². The van der Waals surface area contributed by atoms with E-state index in [2.05, 4.69) is 25.5 Å². The fourth-order valence-electron chi connectivity index (χ4n) is 3.83. The number of hydrogen-bond donors (Lipinski definition) is 1. The van der Waals surface area contributed by atoms with E-state index in [1.54, 1.807) is 10.0 Å². The zero-order chi connectivity index (χ0) is 20.0. The molecule has 1 aliphatic heterocycles. The molecule has 0 aliphatic carbocycles. The van der Waals surface area contributed by atoms with Crippen molar-refractivity contribution in [1.82, 2.24) is 24.8 Å². The van der Waals surface area contributed by atoms with Crippen LogP contribution >= 0.6 is 22.9 Å². The molecular formula is C19H18ClN7OS. The minimum atomic E-state index is -0.147. The van der Waals surface area contributed by atoms with E-state index in [1.807, 2.05) is 31.2 Å². The van der Waals surface area contributed by atoms with Crippen molar-refractivity contribution >= 4 is 56.3 Å². The number of rotatable bonds is 3. The van der Waals surface area contributed by atoms with E-state index in [0.717, 1.165) is 41.8 Å². The van der Waals surface area contributed by atoms with Gasteiger partial charge >= 0.3 is 0 Å². The first-order valence-corrected chi connectivity index (χ1v) is 10.6. The molecule has 4 aromatic rings. The molecule has 1 amide bonds. The molecule has 1 fully saturated rings. The van der Waals surface area contributed by atoms with Crippen LogP contribution in [0.2, 0.25) is 5.02 Å². The molecule has 3 aromatic heterocycles. The van der Waals surface area contributed by atoms with Gasteiger partial charge in [-0.1, -0.05) is 35.1 Å². The summed E-state index contributed by atoms with van der Waals surface area (Å²) in [6.45, 7) is 3.29. The number of hydrogen-bond acceptors (Lipinski definition) is 7. The van der Waals surface area contributed by atoms with Crippen LogP contribution < -0.4 is 10.2 Å². The molecule has 148 valence electrons. The second-order valence-electron chi connectivity index (χ2n) is 7.11. The van der Waals surface area contributed by atoms with Crippen molar-refractivity contribution in [1.29, 1.82) is 0 Å². The molecule has 1 saturated heterocycles. The predicted octanol–water partition coefficient (Wildman–Crippen LogP) is 3.55. The van der Waals surface area contributed by atoms with Gasteiger partial charge in [0.25, 0.3) is 0 Å². The topological polar surface area (TPSA) is 88.3 Å². The molecular weight excluding hydrogens is 410 g/mol. The number of halogens is 1. The fraction of sp³-hybridized carbons (Fsp3) is 0.316. The molecule has 8 nitrogen and oxygen atoms in total. The highest BCUT2D eigenvalue weighted by Crippen LogP contribution is 2.32. The maximum Gasteiger partial charge on any atom is 0.231 e. The summed E-state index contributed by atoms with van der Waals surface area (Å²) >= 11 is 7.79. The van der Waals surface area contributed by atoms with Gasteiger partial charge in [0.05, 0.1) is 17.1 Å². The lowest BCUT2D eigenvalue weighted by Gasteiger charge is -2.33. The Bertz CT molecular complexity index is 1210. The van der Waals surface area contributed by atoms with E-state index >= 15 is 0 Å². The Morgan fingerprint density at radius 1 is 1.34 bits per heavy atom. The molecule has 1 unspecified atom stereocenters. The minimum absolute atomic E-state index is 0.0323. The summed E-state index contributed by atoms with van der Waals surface area (Å²) in [6, 6.07) is 8.01. The van der Waals surface area contributed by atoms with Crippen LogP contribution in [-0.4, -0.2) is 43.8 Å². The van der Waals surface area contributed by atoms with Crippen molar-refractivity contribution < 1.29 is 4.79 Å². The number of aromatic nitrogens is 5. The van der Waals surface area contributed by atoms with Gasteiger partial charge in [0, 0.05) is 18.5 Å². The first kappa shape index (κ1) is 18.3. The molecule has 5 rings (SSSR count). The molecule has 1 aliphatic rings. The molecule has 29 heavy (non-hydrogen) atoms. The van der Waals surface area contributed by atoms with Crippen molar-refractivity contribution in [3.05, 3.63) is 40.5 Å². The van der Waals surface area contributed by atoms with Crippen molar-refractivity contribution in [3.63, 3.8) is 0 Å². The summed E-state index contributed by atoms with van der Waals surface area (Å²) in [7, 11) is 0. The number of anilines is 2. The summed E-state index contributed by atoms with van der Waals surface area (Å²) in [5.41, 5.74) is 3.93. The minimum Gasteiger partial charge on any atom is -0.355 e. The van der Waals surface area contributed by atoms with E-state index in [-0.39, 0.29) is 11.8 Å². The van der Waals surface area contributed by atoms with Crippen LogP contribution in [0.25, 0.3) is 16.6 Å². The lowest BCUT2D eigenvalue weighted by molar-refractivity contribution is -0.120. The van der Waals surface area contributed by atoms with Crippen LogP contribution in [0.5, 0.6) is 0 Å². The van der Waals surface area contributed by atoms with Gasteiger partial charge in [0.15, 0.2) is 5.65 Å². The summed E-state index contributed by atoms with van der Waals surface area (Å²) < 4.78 is 1.79. The van der Waals surface area contributed by atoms with Gasteiger partial charge in [-0.3, -0.25) is 4.79 Å². The maximum absolute atomic E-state index is 12.7. The number of nitrogens with zero attached hydrogens (tertiary/aromatic N) is 6. The average Bonchev–Trinajstić information content (AvgIpc) is 3.36. The van der Waals surface area contributed by atoms with Crippen molar-refractivity contribution in [3.8, 4) is 0 Å². The van der Waals surface area contributed by atoms with Gasteiger partial charge in [-0.15, -0.1) is 10.2 Å². The van der Waals surface area contributed by atoms with Crippen molar-refractivity contribution in [2.45, 2.75) is 19.8 Å². The van der Waals surface area contributed by atoms with E-state index in [0.29, 0.717) is 22.3 Å². The Kier molecular flexibility index (Phi) is 4.56. The van der Waals surface area contributed by atoms with Crippen molar-refractivity contribution in [2.24, 2.45) is 5.92 Å². The first-order valence-electron chi connectivity index (χ1n) is 9.37. The predicted molar refractivity (Wildman–Crippen MR) is 114 cm³/mol. The Labute approximate surface area is 175 Å². The molecule has 0 saturated carbocycles. The van der Waals surface area contributed by atoms with Crippen LogP contribution in [0.15, 0.2) is 29.8 Å². The summed E-state index contributed by atoms with van der Waals surface area (Å²) in [4.78, 5) is 19.8. The molecule has 0 spiro atoms. The summed E-state index contributed by atoms with van der Waals surface area (Å²) in [6.07, 6.45) is 1.73. The van der Waals surface area contributed by atoms with Gasteiger partial charge in [0.1, 0.15) is 16.4 Å².